The number of carbonyl (C=O) groups excluding carboxylic acids is 1. The highest BCUT2D eigenvalue weighted by molar-refractivity contribution is 6.77. The molecule has 1 amide bonds. The van der Waals surface area contributed by atoms with E-state index >= 15 is 0 Å². The van der Waals surface area contributed by atoms with Gasteiger partial charge in [-0.2, -0.15) is 0 Å². The monoisotopic (exact) mass is 443 g/mol. The first-order chi connectivity index (χ1) is 14.7. The Morgan fingerprint density at radius 1 is 1.13 bits per heavy atom. The van der Waals surface area contributed by atoms with Crippen LogP contribution in [0.4, 0.5) is 0 Å². The minimum Gasteiger partial charge on any atom is -0.416 e. The number of imidazole rings is 1. The number of amides is 1. The molecule has 1 aliphatic heterocycles. The first-order valence-corrected chi connectivity index (χ1v) is 14.2. The summed E-state index contributed by atoms with van der Waals surface area (Å²) in [6.07, 6.45) is 4.91. The van der Waals surface area contributed by atoms with Crippen LogP contribution in [0.15, 0.2) is 24.5 Å². The van der Waals surface area contributed by atoms with E-state index in [0.717, 1.165) is 55.6 Å². The number of aromatic nitrogens is 2. The van der Waals surface area contributed by atoms with Gasteiger partial charge in [0.2, 0.25) is 5.91 Å². The zero-order valence-corrected chi connectivity index (χ0v) is 21.5. The van der Waals surface area contributed by atoms with Crippen molar-refractivity contribution < 1.29 is 9.22 Å². The van der Waals surface area contributed by atoms with Gasteiger partial charge in [0.25, 0.3) is 0 Å². The number of likely N-dealkylation sites (N-methyl/N-ethyl adjacent to an activating group) is 1. The van der Waals surface area contributed by atoms with E-state index < -0.39 is 8.32 Å². The van der Waals surface area contributed by atoms with Crippen LogP contribution < -0.4 is 0 Å². The van der Waals surface area contributed by atoms with Crippen LogP contribution >= 0.6 is 0 Å². The topological polar surface area (TPSA) is 47.4 Å². The molecule has 0 N–H and O–H groups in total. The predicted molar refractivity (Wildman–Crippen MR) is 131 cm³/mol. The number of nitrogens with zero attached hydrogens (tertiary/aromatic N) is 3. The van der Waals surface area contributed by atoms with Crippen LogP contribution in [0.5, 0.6) is 0 Å². The van der Waals surface area contributed by atoms with Gasteiger partial charge in [-0.3, -0.25) is 4.79 Å². The lowest BCUT2D eigenvalue weighted by Gasteiger charge is -2.42. The third kappa shape index (κ3) is 4.75. The molecule has 1 fully saturated rings. The quantitative estimate of drug-likeness (QED) is 0.355. The van der Waals surface area contributed by atoms with E-state index in [9.17, 15) is 4.79 Å². The summed E-state index contributed by atoms with van der Waals surface area (Å²) in [5.41, 5.74) is 5.05. The number of rotatable bonds is 9. The maximum absolute atomic E-state index is 12.6. The Labute approximate surface area is 189 Å². The van der Waals surface area contributed by atoms with Gasteiger partial charge in [0.1, 0.15) is 0 Å². The van der Waals surface area contributed by atoms with Gasteiger partial charge in [0.05, 0.1) is 23.3 Å². The number of benzene rings is 1. The molecule has 0 spiro atoms. The number of hydrogen-bond acceptors (Lipinski definition) is 3. The average molecular weight is 444 g/mol. The summed E-state index contributed by atoms with van der Waals surface area (Å²) in [7, 11) is 0.0989. The number of fused-ring (bicyclic) bond motifs is 1. The van der Waals surface area contributed by atoms with E-state index in [1.165, 1.54) is 0 Å². The Morgan fingerprint density at radius 2 is 1.81 bits per heavy atom. The Kier molecular flexibility index (Phi) is 7.63. The van der Waals surface area contributed by atoms with Crippen molar-refractivity contribution in [2.75, 3.05) is 20.2 Å². The second-order valence-corrected chi connectivity index (χ2v) is 15.6. The van der Waals surface area contributed by atoms with Crippen molar-refractivity contribution in [3.63, 3.8) is 0 Å². The van der Waals surface area contributed by atoms with Gasteiger partial charge in [-0.25, -0.2) is 4.98 Å². The van der Waals surface area contributed by atoms with Gasteiger partial charge < -0.3 is 13.9 Å². The summed E-state index contributed by atoms with van der Waals surface area (Å²) >= 11 is 0. The predicted octanol–water partition coefficient (Wildman–Crippen LogP) is 5.95. The fraction of sp³-hybridized carbons (Fsp3) is 0.680. The normalized spacial score (nSPS) is 18.2. The van der Waals surface area contributed by atoms with E-state index in [-0.39, 0.29) is 11.8 Å². The van der Waals surface area contributed by atoms with Crippen LogP contribution in [0.25, 0.3) is 11.0 Å². The van der Waals surface area contributed by atoms with E-state index in [0.29, 0.717) is 16.6 Å². The molecular formula is C25H41N3O2Si. The Hall–Kier alpha value is -1.66. The molecule has 6 heteroatoms. The molecule has 1 aliphatic rings. The largest absolute Gasteiger partial charge is 0.416 e. The molecular weight excluding hydrogens is 402 g/mol. The van der Waals surface area contributed by atoms with E-state index in [2.05, 4.69) is 69.3 Å². The minimum absolute atomic E-state index is 0.0251. The smallest absolute Gasteiger partial charge is 0.229 e. The third-order valence-electron chi connectivity index (χ3n) is 7.31. The number of piperidine rings is 1. The summed E-state index contributed by atoms with van der Waals surface area (Å²) in [4.78, 5) is 19.0. The first-order valence-electron chi connectivity index (χ1n) is 12.0. The van der Waals surface area contributed by atoms with Crippen LogP contribution in [-0.2, 0) is 15.8 Å². The summed E-state index contributed by atoms with van der Waals surface area (Å²) in [5.74, 6) is 0.207. The van der Waals surface area contributed by atoms with Gasteiger partial charge in [-0.05, 0) is 53.6 Å². The van der Waals surface area contributed by atoms with Crippen molar-refractivity contribution in [1.29, 1.82) is 0 Å². The lowest BCUT2D eigenvalue weighted by Crippen LogP contribution is -2.48. The SMILES string of the molecule is CC(C)[Si](OCCCn1cnc2cc(C3CCCN(C)C3=O)ccc21)(C(C)C)C(C)C. The Balaban J connectivity index is 1.66. The third-order valence-corrected chi connectivity index (χ3v) is 13.4. The standard InChI is InChI=1S/C25H41N3O2Si/c1-18(2)31(19(3)4,20(5)6)30-15-9-14-28-17-26-23-16-21(11-12-24(23)28)22-10-8-13-27(7)25(22)29/h11-12,16-20,22H,8-10,13-15H2,1-7H3. The average Bonchev–Trinajstić information content (AvgIpc) is 3.11. The number of likely N-dealkylation sites (tertiary alicyclic amines) is 1. The van der Waals surface area contributed by atoms with Crippen LogP contribution in [0.2, 0.25) is 16.6 Å². The highest BCUT2D eigenvalue weighted by Crippen LogP contribution is 2.42. The summed E-state index contributed by atoms with van der Waals surface area (Å²) in [6.45, 7) is 16.6. The lowest BCUT2D eigenvalue weighted by atomic mass is 9.90. The second kappa shape index (κ2) is 9.86. The van der Waals surface area contributed by atoms with Gasteiger partial charge in [0, 0.05) is 26.7 Å². The Morgan fingerprint density at radius 3 is 2.45 bits per heavy atom. The zero-order valence-electron chi connectivity index (χ0n) is 20.5. The van der Waals surface area contributed by atoms with Crippen LogP contribution in [0, 0.1) is 0 Å². The first kappa shape index (κ1) is 24.0. The number of aryl methyl sites for hydroxylation is 1. The van der Waals surface area contributed by atoms with Crippen LogP contribution in [0.1, 0.15) is 72.3 Å². The van der Waals surface area contributed by atoms with Crippen molar-refractivity contribution in [1.82, 2.24) is 14.5 Å². The molecule has 0 aliphatic carbocycles. The molecule has 1 unspecified atom stereocenters. The van der Waals surface area contributed by atoms with E-state index in [1.807, 2.05) is 18.3 Å². The molecule has 1 aromatic carbocycles. The van der Waals surface area contributed by atoms with Crippen LogP contribution in [-0.4, -0.2) is 48.9 Å². The van der Waals surface area contributed by atoms with Crippen molar-refractivity contribution in [3.05, 3.63) is 30.1 Å². The van der Waals surface area contributed by atoms with Gasteiger partial charge in [0.15, 0.2) is 8.32 Å². The van der Waals surface area contributed by atoms with Gasteiger partial charge in [-0.15, -0.1) is 0 Å². The van der Waals surface area contributed by atoms with Crippen LogP contribution in [0.3, 0.4) is 0 Å². The molecule has 1 aromatic heterocycles. The number of hydrogen-bond donors (Lipinski definition) is 0. The highest BCUT2D eigenvalue weighted by atomic mass is 28.4. The van der Waals surface area contributed by atoms with E-state index in [1.54, 1.807) is 0 Å². The molecule has 31 heavy (non-hydrogen) atoms. The molecule has 0 radical (unpaired) electrons. The molecule has 2 aromatic rings. The van der Waals surface area contributed by atoms with Crippen molar-refractivity contribution in [2.24, 2.45) is 0 Å². The minimum atomic E-state index is -1.80. The molecule has 0 bridgehead atoms. The fourth-order valence-electron chi connectivity index (χ4n) is 5.80. The maximum atomic E-state index is 12.6. The molecule has 1 atom stereocenters. The molecule has 3 rings (SSSR count). The molecule has 5 nitrogen and oxygen atoms in total. The second-order valence-electron chi connectivity index (χ2n) is 10.2. The highest BCUT2D eigenvalue weighted by Gasteiger charge is 2.44. The van der Waals surface area contributed by atoms with Gasteiger partial charge >= 0.3 is 0 Å². The van der Waals surface area contributed by atoms with E-state index in [4.69, 9.17) is 4.43 Å². The Bertz CT molecular complexity index is 868. The zero-order chi connectivity index (χ0) is 22.8. The van der Waals surface area contributed by atoms with Gasteiger partial charge in [-0.1, -0.05) is 47.6 Å². The molecule has 0 saturated carbocycles. The summed E-state index contributed by atoms with van der Waals surface area (Å²) in [6, 6.07) is 6.36. The van der Waals surface area contributed by atoms with Crippen molar-refractivity contribution >= 4 is 25.3 Å². The maximum Gasteiger partial charge on any atom is 0.229 e. The van der Waals surface area contributed by atoms with Crippen molar-refractivity contribution in [3.8, 4) is 0 Å². The van der Waals surface area contributed by atoms with Crippen molar-refractivity contribution in [2.45, 2.75) is 89.9 Å². The molecule has 2 heterocycles. The number of carbonyl (C=O) groups is 1. The summed E-state index contributed by atoms with van der Waals surface area (Å²) < 4.78 is 8.93. The summed E-state index contributed by atoms with van der Waals surface area (Å²) in [5, 5.41) is 0. The lowest BCUT2D eigenvalue weighted by molar-refractivity contribution is -0.133. The molecule has 1 saturated heterocycles. The molecule has 172 valence electrons. The fourth-order valence-corrected chi connectivity index (χ4v) is 11.3.